The number of aromatic nitrogens is 6. The lowest BCUT2D eigenvalue weighted by atomic mass is 10.3. The molecule has 0 N–H and O–H groups in total. The first-order chi connectivity index (χ1) is 10.9. The molecule has 1 saturated heterocycles. The second-order valence-electron chi connectivity index (χ2n) is 5.21. The van der Waals surface area contributed by atoms with Crippen molar-refractivity contribution in [3.63, 3.8) is 0 Å². The Balaban J connectivity index is 1.57. The van der Waals surface area contributed by atoms with E-state index in [4.69, 9.17) is 0 Å². The molecule has 1 aliphatic heterocycles. The van der Waals surface area contributed by atoms with Crippen molar-refractivity contribution in [3.8, 4) is 0 Å². The van der Waals surface area contributed by atoms with Crippen LogP contribution in [0.1, 0.15) is 6.42 Å². The molecule has 3 aromatic rings. The summed E-state index contributed by atoms with van der Waals surface area (Å²) in [5.74, 6) is 1.87. The molecule has 4 rings (SSSR count). The van der Waals surface area contributed by atoms with Gasteiger partial charge < -0.3 is 9.80 Å². The summed E-state index contributed by atoms with van der Waals surface area (Å²) in [6, 6.07) is 1.95. The van der Waals surface area contributed by atoms with Crippen molar-refractivity contribution in [2.75, 3.05) is 36.0 Å². The second-order valence-corrected chi connectivity index (χ2v) is 5.21. The zero-order valence-corrected chi connectivity index (χ0v) is 12.1. The summed E-state index contributed by atoms with van der Waals surface area (Å²) in [6.45, 7) is 3.70. The van der Waals surface area contributed by atoms with Crippen LogP contribution in [0.4, 0.5) is 11.6 Å². The number of rotatable bonds is 2. The van der Waals surface area contributed by atoms with Crippen molar-refractivity contribution in [2.45, 2.75) is 6.42 Å². The van der Waals surface area contributed by atoms with Gasteiger partial charge >= 0.3 is 0 Å². The minimum absolute atomic E-state index is 0.804. The third-order valence-corrected chi connectivity index (χ3v) is 3.88. The predicted octanol–water partition coefficient (Wildman–Crippen LogP) is 0.631. The van der Waals surface area contributed by atoms with Gasteiger partial charge in [-0.1, -0.05) is 0 Å². The zero-order chi connectivity index (χ0) is 14.8. The maximum atomic E-state index is 4.50. The van der Waals surface area contributed by atoms with E-state index in [1.807, 2.05) is 16.7 Å². The standard InChI is InChI=1S/C14H16N8/c1-5-20(12-2-3-15-10-17-12)8-9-21(6-1)13-14-19-18-11-22(14)7-4-16-13/h2-4,7,10-11H,1,5-6,8-9H2. The molecule has 0 unspecified atom stereocenters. The first kappa shape index (κ1) is 12.9. The van der Waals surface area contributed by atoms with Crippen LogP contribution in [0.15, 0.2) is 37.3 Å². The van der Waals surface area contributed by atoms with Gasteiger partial charge in [-0.25, -0.2) is 15.0 Å². The summed E-state index contributed by atoms with van der Waals surface area (Å²) in [6.07, 6.45) is 9.77. The van der Waals surface area contributed by atoms with Gasteiger partial charge in [0.15, 0.2) is 5.82 Å². The van der Waals surface area contributed by atoms with E-state index in [-0.39, 0.29) is 0 Å². The smallest absolute Gasteiger partial charge is 0.203 e. The molecule has 0 saturated carbocycles. The van der Waals surface area contributed by atoms with Crippen molar-refractivity contribution in [1.82, 2.24) is 29.5 Å². The summed E-state index contributed by atoms with van der Waals surface area (Å²) >= 11 is 0. The fourth-order valence-electron chi connectivity index (χ4n) is 2.80. The quantitative estimate of drug-likeness (QED) is 0.686. The second kappa shape index (κ2) is 5.55. The van der Waals surface area contributed by atoms with E-state index in [0.717, 1.165) is 49.9 Å². The molecule has 0 spiro atoms. The van der Waals surface area contributed by atoms with E-state index in [2.05, 4.69) is 34.9 Å². The van der Waals surface area contributed by atoms with Crippen LogP contribution in [0, 0.1) is 0 Å². The molecule has 8 nitrogen and oxygen atoms in total. The molecule has 0 bridgehead atoms. The third-order valence-electron chi connectivity index (χ3n) is 3.88. The molecule has 112 valence electrons. The molecule has 3 aromatic heterocycles. The van der Waals surface area contributed by atoms with Gasteiger partial charge in [-0.2, -0.15) is 0 Å². The maximum Gasteiger partial charge on any atom is 0.203 e. The molecule has 22 heavy (non-hydrogen) atoms. The van der Waals surface area contributed by atoms with Crippen LogP contribution in [0.25, 0.3) is 5.65 Å². The first-order valence-corrected chi connectivity index (χ1v) is 7.32. The normalized spacial score (nSPS) is 16.0. The molecule has 0 aromatic carbocycles. The fourth-order valence-corrected chi connectivity index (χ4v) is 2.80. The van der Waals surface area contributed by atoms with Crippen LogP contribution in [0.5, 0.6) is 0 Å². The highest BCUT2D eigenvalue weighted by atomic mass is 15.3. The highest BCUT2D eigenvalue weighted by Crippen LogP contribution is 2.19. The molecule has 1 aliphatic rings. The minimum atomic E-state index is 0.804. The Bertz CT molecular complexity index is 756. The Labute approximate surface area is 127 Å². The monoisotopic (exact) mass is 296 g/mol. The largest absolute Gasteiger partial charge is 0.355 e. The summed E-state index contributed by atoms with van der Waals surface area (Å²) < 4.78 is 1.90. The molecule has 8 heteroatoms. The lowest BCUT2D eigenvalue weighted by molar-refractivity contribution is 0.792. The van der Waals surface area contributed by atoms with E-state index in [1.54, 1.807) is 25.0 Å². The van der Waals surface area contributed by atoms with Gasteiger partial charge in [-0.3, -0.25) is 4.40 Å². The molecule has 0 radical (unpaired) electrons. The highest BCUT2D eigenvalue weighted by Gasteiger charge is 2.19. The summed E-state index contributed by atoms with van der Waals surface area (Å²) in [7, 11) is 0. The average molecular weight is 296 g/mol. The molecule has 1 fully saturated rings. The Hall–Kier alpha value is -2.77. The Morgan fingerprint density at radius 3 is 2.77 bits per heavy atom. The molecular weight excluding hydrogens is 280 g/mol. The number of nitrogens with zero attached hydrogens (tertiary/aromatic N) is 8. The summed E-state index contributed by atoms with van der Waals surface area (Å²) in [4.78, 5) is 17.4. The topological polar surface area (TPSA) is 75.3 Å². The van der Waals surface area contributed by atoms with Crippen LogP contribution in [-0.4, -0.2) is 55.7 Å². The molecule has 0 atom stereocenters. The molecular formula is C14H16N8. The Morgan fingerprint density at radius 2 is 1.86 bits per heavy atom. The van der Waals surface area contributed by atoms with Crippen molar-refractivity contribution in [3.05, 3.63) is 37.3 Å². The highest BCUT2D eigenvalue weighted by molar-refractivity contribution is 5.63. The van der Waals surface area contributed by atoms with E-state index in [0.29, 0.717) is 0 Å². The van der Waals surface area contributed by atoms with Gasteiger partial charge in [0.05, 0.1) is 0 Å². The van der Waals surface area contributed by atoms with Gasteiger partial charge in [0.1, 0.15) is 18.5 Å². The summed E-state index contributed by atoms with van der Waals surface area (Å²) in [5, 5.41) is 8.14. The molecule has 0 amide bonds. The van der Waals surface area contributed by atoms with E-state index >= 15 is 0 Å². The maximum absolute atomic E-state index is 4.50. The number of anilines is 2. The molecule has 0 aliphatic carbocycles. The number of fused-ring (bicyclic) bond motifs is 1. The van der Waals surface area contributed by atoms with Gasteiger partial charge in [-0.05, 0) is 12.5 Å². The summed E-state index contributed by atoms with van der Waals surface area (Å²) in [5.41, 5.74) is 0.804. The van der Waals surface area contributed by atoms with Crippen LogP contribution < -0.4 is 9.80 Å². The van der Waals surface area contributed by atoms with Gasteiger partial charge in [0, 0.05) is 44.8 Å². The van der Waals surface area contributed by atoms with Gasteiger partial charge in [0.25, 0.3) is 0 Å². The molecule has 4 heterocycles. The zero-order valence-electron chi connectivity index (χ0n) is 12.1. The van der Waals surface area contributed by atoms with Crippen LogP contribution >= 0.6 is 0 Å². The number of hydrogen-bond donors (Lipinski definition) is 0. The Morgan fingerprint density at radius 1 is 0.955 bits per heavy atom. The van der Waals surface area contributed by atoms with Crippen LogP contribution in [0.3, 0.4) is 0 Å². The third kappa shape index (κ3) is 2.32. The first-order valence-electron chi connectivity index (χ1n) is 7.32. The average Bonchev–Trinajstić information content (AvgIpc) is 2.92. The van der Waals surface area contributed by atoms with Crippen molar-refractivity contribution >= 4 is 17.3 Å². The SMILES string of the molecule is c1cc(N2CCCN(c3nccn4cnnc34)CC2)ncn1. The van der Waals surface area contributed by atoms with E-state index in [9.17, 15) is 0 Å². The lowest BCUT2D eigenvalue weighted by Crippen LogP contribution is -2.31. The van der Waals surface area contributed by atoms with Gasteiger partial charge in [0.2, 0.25) is 5.65 Å². The Kier molecular flexibility index (Phi) is 3.26. The van der Waals surface area contributed by atoms with E-state index < -0.39 is 0 Å². The van der Waals surface area contributed by atoms with Crippen molar-refractivity contribution in [2.24, 2.45) is 0 Å². The fraction of sp³-hybridized carbons (Fsp3) is 0.357. The van der Waals surface area contributed by atoms with Crippen molar-refractivity contribution < 1.29 is 0 Å². The predicted molar refractivity (Wildman–Crippen MR) is 81.9 cm³/mol. The number of hydrogen-bond acceptors (Lipinski definition) is 7. The van der Waals surface area contributed by atoms with Gasteiger partial charge in [-0.15, -0.1) is 10.2 Å². The van der Waals surface area contributed by atoms with E-state index in [1.165, 1.54) is 0 Å². The minimum Gasteiger partial charge on any atom is -0.355 e. The lowest BCUT2D eigenvalue weighted by Gasteiger charge is -2.23. The van der Waals surface area contributed by atoms with Crippen molar-refractivity contribution in [1.29, 1.82) is 0 Å². The van der Waals surface area contributed by atoms with Crippen LogP contribution in [-0.2, 0) is 0 Å². The van der Waals surface area contributed by atoms with Crippen LogP contribution in [0.2, 0.25) is 0 Å².